The van der Waals surface area contributed by atoms with E-state index < -0.39 is 15.1 Å². The minimum atomic E-state index is -1.40. The van der Waals surface area contributed by atoms with Crippen LogP contribution < -0.4 is 9.92 Å². The SMILES string of the molecule is CO[Si](OC)c1ccc2c(c1)COC(C)(C(C)(C)C)O2. The fourth-order valence-electron chi connectivity index (χ4n) is 2.06. The van der Waals surface area contributed by atoms with E-state index in [1.54, 1.807) is 14.2 Å². The molecule has 0 amide bonds. The van der Waals surface area contributed by atoms with Crippen molar-refractivity contribution in [2.75, 3.05) is 14.2 Å². The zero-order valence-electron chi connectivity index (χ0n) is 13.1. The summed E-state index contributed by atoms with van der Waals surface area (Å²) in [6.45, 7) is 8.87. The Balaban J connectivity index is 2.28. The maximum absolute atomic E-state index is 6.09. The predicted octanol–water partition coefficient (Wildman–Crippen LogP) is 2.35. The molecule has 4 nitrogen and oxygen atoms in total. The summed E-state index contributed by atoms with van der Waals surface area (Å²) in [5.74, 6) is 0.267. The first-order chi connectivity index (χ1) is 9.30. The van der Waals surface area contributed by atoms with Crippen molar-refractivity contribution in [2.45, 2.75) is 40.1 Å². The van der Waals surface area contributed by atoms with Crippen LogP contribution in [0.1, 0.15) is 33.3 Å². The van der Waals surface area contributed by atoms with Crippen LogP contribution >= 0.6 is 0 Å². The summed E-state index contributed by atoms with van der Waals surface area (Å²) in [6, 6.07) is 6.05. The summed E-state index contributed by atoms with van der Waals surface area (Å²) in [7, 11) is 1.93. The van der Waals surface area contributed by atoms with Gasteiger partial charge in [0, 0.05) is 32.1 Å². The van der Waals surface area contributed by atoms with Gasteiger partial charge < -0.3 is 18.3 Å². The highest BCUT2D eigenvalue weighted by Gasteiger charge is 2.44. The predicted molar refractivity (Wildman–Crippen MR) is 79.1 cm³/mol. The quantitative estimate of drug-likeness (QED) is 0.802. The third-order valence-electron chi connectivity index (χ3n) is 3.84. The Hall–Kier alpha value is -0.883. The Labute approximate surface area is 122 Å². The molecule has 2 rings (SSSR count). The van der Waals surface area contributed by atoms with Crippen LogP contribution in [-0.2, 0) is 20.2 Å². The molecule has 0 saturated carbocycles. The molecule has 1 radical (unpaired) electrons. The standard InChI is InChI=1S/C15H23O4Si/c1-14(2,3)15(4)18-10-11-9-12(20(16-5)17-6)7-8-13(11)19-15/h7-9H,10H2,1-6H3. The Morgan fingerprint density at radius 1 is 1.20 bits per heavy atom. The van der Waals surface area contributed by atoms with E-state index in [4.69, 9.17) is 18.3 Å². The molecule has 0 saturated heterocycles. The number of rotatable bonds is 3. The van der Waals surface area contributed by atoms with Crippen LogP contribution in [0.4, 0.5) is 0 Å². The van der Waals surface area contributed by atoms with E-state index in [-0.39, 0.29) is 5.41 Å². The van der Waals surface area contributed by atoms with Gasteiger partial charge in [0.2, 0.25) is 5.79 Å². The summed E-state index contributed by atoms with van der Waals surface area (Å²) < 4.78 is 22.8. The lowest BCUT2D eigenvalue weighted by Crippen LogP contribution is -2.50. The number of benzene rings is 1. The Kier molecular flexibility index (Phi) is 4.25. The van der Waals surface area contributed by atoms with Gasteiger partial charge in [0.15, 0.2) is 0 Å². The maximum Gasteiger partial charge on any atom is 0.423 e. The molecule has 1 aromatic rings. The molecule has 1 aromatic carbocycles. The molecule has 0 fully saturated rings. The first-order valence-electron chi connectivity index (χ1n) is 6.72. The molecule has 1 heterocycles. The Morgan fingerprint density at radius 3 is 2.40 bits per heavy atom. The van der Waals surface area contributed by atoms with Gasteiger partial charge in [-0.2, -0.15) is 0 Å². The highest BCUT2D eigenvalue weighted by Crippen LogP contribution is 2.40. The lowest BCUT2D eigenvalue weighted by Gasteiger charge is -2.44. The molecular formula is C15H23O4Si. The fourth-order valence-corrected chi connectivity index (χ4v) is 3.21. The van der Waals surface area contributed by atoms with E-state index in [0.717, 1.165) is 16.5 Å². The van der Waals surface area contributed by atoms with Gasteiger partial charge in [-0.15, -0.1) is 0 Å². The van der Waals surface area contributed by atoms with Crippen LogP contribution in [0, 0.1) is 5.41 Å². The molecule has 0 aliphatic carbocycles. The van der Waals surface area contributed by atoms with Gasteiger partial charge in [-0.25, -0.2) is 0 Å². The zero-order valence-corrected chi connectivity index (χ0v) is 14.1. The van der Waals surface area contributed by atoms with E-state index >= 15 is 0 Å². The first-order valence-corrected chi connectivity index (χ1v) is 8.03. The molecule has 0 bridgehead atoms. The van der Waals surface area contributed by atoms with Gasteiger partial charge >= 0.3 is 9.28 Å². The molecule has 20 heavy (non-hydrogen) atoms. The van der Waals surface area contributed by atoms with Crippen molar-refractivity contribution in [1.82, 2.24) is 0 Å². The van der Waals surface area contributed by atoms with Crippen molar-refractivity contribution in [2.24, 2.45) is 5.41 Å². The molecule has 0 aromatic heterocycles. The normalized spacial score (nSPS) is 22.6. The minimum Gasteiger partial charge on any atom is -0.462 e. The monoisotopic (exact) mass is 295 g/mol. The zero-order chi connectivity index (χ0) is 15.0. The molecule has 111 valence electrons. The highest BCUT2D eigenvalue weighted by atomic mass is 28.3. The number of fused-ring (bicyclic) bond motifs is 1. The lowest BCUT2D eigenvalue weighted by molar-refractivity contribution is -0.249. The molecular weight excluding hydrogens is 272 g/mol. The van der Waals surface area contributed by atoms with Crippen LogP contribution in [0.5, 0.6) is 5.75 Å². The highest BCUT2D eigenvalue weighted by molar-refractivity contribution is 6.61. The van der Waals surface area contributed by atoms with Gasteiger partial charge in [-0.3, -0.25) is 0 Å². The molecule has 0 N–H and O–H groups in total. The second-order valence-corrected chi connectivity index (χ2v) is 8.07. The summed E-state index contributed by atoms with van der Waals surface area (Å²) in [5, 5.41) is 1.06. The molecule has 1 aliphatic rings. The largest absolute Gasteiger partial charge is 0.462 e. The van der Waals surface area contributed by atoms with Gasteiger partial charge in [-0.05, 0) is 17.3 Å². The maximum atomic E-state index is 6.09. The van der Waals surface area contributed by atoms with Crippen molar-refractivity contribution in [3.05, 3.63) is 23.8 Å². The summed E-state index contributed by atoms with van der Waals surface area (Å²) in [6.07, 6.45) is 0. The summed E-state index contributed by atoms with van der Waals surface area (Å²) in [5.41, 5.74) is 0.943. The molecule has 1 atom stereocenters. The van der Waals surface area contributed by atoms with Gasteiger partial charge in [0.25, 0.3) is 0 Å². The third kappa shape index (κ3) is 2.76. The van der Waals surface area contributed by atoms with E-state index in [1.807, 2.05) is 19.1 Å². The summed E-state index contributed by atoms with van der Waals surface area (Å²) >= 11 is 0. The van der Waals surface area contributed by atoms with Crippen LogP contribution in [0.15, 0.2) is 18.2 Å². The first kappa shape index (κ1) is 15.5. The van der Waals surface area contributed by atoms with E-state index in [1.165, 1.54) is 0 Å². The third-order valence-corrected chi connectivity index (χ3v) is 5.36. The number of hydrogen-bond donors (Lipinski definition) is 0. The van der Waals surface area contributed by atoms with Crippen molar-refractivity contribution < 1.29 is 18.3 Å². The average Bonchev–Trinajstić information content (AvgIpc) is 2.39. The van der Waals surface area contributed by atoms with Crippen LogP contribution in [0.25, 0.3) is 0 Å². The van der Waals surface area contributed by atoms with Gasteiger partial charge in [0.1, 0.15) is 5.75 Å². The van der Waals surface area contributed by atoms with E-state index in [9.17, 15) is 0 Å². The van der Waals surface area contributed by atoms with Gasteiger partial charge in [0.05, 0.1) is 6.61 Å². The second kappa shape index (κ2) is 5.48. The van der Waals surface area contributed by atoms with Crippen molar-refractivity contribution in [3.8, 4) is 5.75 Å². The van der Waals surface area contributed by atoms with Crippen LogP contribution in [-0.4, -0.2) is 29.3 Å². The van der Waals surface area contributed by atoms with E-state index in [0.29, 0.717) is 6.61 Å². The van der Waals surface area contributed by atoms with Gasteiger partial charge in [-0.1, -0.05) is 26.8 Å². The Bertz CT molecular complexity index is 479. The molecule has 0 spiro atoms. The van der Waals surface area contributed by atoms with Crippen molar-refractivity contribution in [1.29, 1.82) is 0 Å². The van der Waals surface area contributed by atoms with Crippen molar-refractivity contribution in [3.63, 3.8) is 0 Å². The molecule has 5 heteroatoms. The number of ether oxygens (including phenoxy) is 2. The molecule has 1 unspecified atom stereocenters. The Morgan fingerprint density at radius 2 is 1.85 bits per heavy atom. The number of hydrogen-bond acceptors (Lipinski definition) is 4. The fraction of sp³-hybridized carbons (Fsp3) is 0.600. The van der Waals surface area contributed by atoms with E-state index in [2.05, 4.69) is 26.8 Å². The lowest BCUT2D eigenvalue weighted by atomic mass is 9.86. The smallest absolute Gasteiger partial charge is 0.423 e. The molecule has 1 aliphatic heterocycles. The van der Waals surface area contributed by atoms with Crippen molar-refractivity contribution >= 4 is 14.5 Å². The van der Waals surface area contributed by atoms with Crippen LogP contribution in [0.3, 0.4) is 0 Å². The topological polar surface area (TPSA) is 36.9 Å². The average molecular weight is 295 g/mol. The van der Waals surface area contributed by atoms with Crippen LogP contribution in [0.2, 0.25) is 0 Å². The minimum absolute atomic E-state index is 0.0998. The second-order valence-electron chi connectivity index (χ2n) is 6.10. The summed E-state index contributed by atoms with van der Waals surface area (Å²) in [4.78, 5) is 0.